The van der Waals surface area contributed by atoms with Gasteiger partial charge in [-0.25, -0.2) is 0 Å². The molecule has 34 heteroatoms. The molecule has 30 nitrogen and oxygen atoms in total. The molecule has 0 atom stereocenters. The molecule has 8 N–H and O–H groups in total. The summed E-state index contributed by atoms with van der Waals surface area (Å²) >= 11 is 0. The Balaban J connectivity index is -0.0000000359. The number of hydrogen-bond acceptors (Lipinski definition) is 30. The van der Waals surface area contributed by atoms with E-state index in [1.807, 2.05) is 0 Å². The molecular formula is C30H38Li2O30Re2. The van der Waals surface area contributed by atoms with Crippen LogP contribution in [0.15, 0.2) is 0 Å². The molecule has 0 bridgehead atoms. The minimum absolute atomic E-state index is 0. The van der Waals surface area contributed by atoms with E-state index in [-0.39, 0.29) is 204 Å². The maximum Gasteiger partial charge on any atom is 1.00 e. The molecule has 0 spiro atoms. The summed E-state index contributed by atoms with van der Waals surface area (Å²) in [7, 11) is 0. The summed E-state index contributed by atoms with van der Waals surface area (Å²) in [5, 5.41) is 82.5. The quantitative estimate of drug-likeness (QED) is 0.0319. The molecule has 0 aliphatic heterocycles. The molecule has 0 aliphatic carbocycles. The summed E-state index contributed by atoms with van der Waals surface area (Å²) in [6, 6.07) is 0. The van der Waals surface area contributed by atoms with Gasteiger partial charge in [-0.2, -0.15) is 0 Å². The van der Waals surface area contributed by atoms with Crippen molar-refractivity contribution in [2.24, 2.45) is 0 Å². The molecule has 0 saturated carbocycles. The first-order chi connectivity index (χ1) is 28.1. The largest absolute Gasteiger partial charge is 1.00 e. The van der Waals surface area contributed by atoms with Crippen molar-refractivity contribution in [1.82, 2.24) is 0 Å². The zero-order valence-electron chi connectivity index (χ0n) is 32.6. The third-order valence-corrected chi connectivity index (χ3v) is 2.77. The Labute approximate surface area is 410 Å². The molecule has 0 aromatic rings. The van der Waals surface area contributed by atoms with Gasteiger partial charge in [-0.15, -0.1) is 0 Å². The van der Waals surface area contributed by atoms with Gasteiger partial charge in [-0.05, 0) is 12.2 Å². The average molecular weight is 1260 g/mol. The third kappa shape index (κ3) is 146. The van der Waals surface area contributed by atoms with E-state index in [1.54, 1.807) is 0 Å². The van der Waals surface area contributed by atoms with Crippen LogP contribution in [0, 0.1) is 0 Å². The Bertz CT molecular complexity index is 835. The van der Waals surface area contributed by atoms with Crippen molar-refractivity contribution in [2.45, 2.75) is 61.0 Å². The predicted octanol–water partition coefficient (Wildman–Crippen LogP) is -19.8. The van der Waals surface area contributed by atoms with E-state index in [4.69, 9.17) is 40.9 Å². The van der Waals surface area contributed by atoms with Gasteiger partial charge in [0.25, 0.3) is 0 Å². The topological polar surface area (TPSA) is 549 Å². The first-order valence-corrected chi connectivity index (χ1v) is 13.9. The van der Waals surface area contributed by atoms with Gasteiger partial charge in [0.15, 0.2) is 149 Å². The number of aliphatic hydroxyl groups is 8. The number of hydrogen-bond donors (Lipinski definition) is 8. The van der Waals surface area contributed by atoms with Crippen LogP contribution < -0.4 is 47.9 Å². The summed E-state index contributed by atoms with van der Waals surface area (Å²) in [5.74, 6) is 0. The van der Waals surface area contributed by atoms with E-state index in [0.29, 0.717) is 0 Å². The molecule has 0 amide bonds. The standard InChI is InChI=1S/8C3H4O3.2C3H3O3.2Li.2Re/c10*4-1-3(6)2-5;;;;/h8*1-3,6H;2*1-3H;;;;/q;;;;;;;;2*-1;2*+1;;. The Morgan fingerprint density at radius 1 is 0.203 bits per heavy atom. The molecule has 0 aliphatic rings. The normalized spacial score (nSPS) is 7.81. The summed E-state index contributed by atoms with van der Waals surface area (Å²) in [6.07, 6.45) is -12.0. The van der Waals surface area contributed by atoms with E-state index >= 15 is 0 Å². The fraction of sp³-hybridized carbons (Fsp3) is 0.333. The predicted molar refractivity (Wildman–Crippen MR) is 177 cm³/mol. The Morgan fingerprint density at radius 3 is 0.266 bits per heavy atom. The number of carbonyl (C=O) groups excluding carboxylic acids is 20. The Morgan fingerprint density at radius 2 is 0.266 bits per heavy atom. The van der Waals surface area contributed by atoms with Crippen molar-refractivity contribution >= 4 is 126 Å². The minimum Gasteiger partial charge on any atom is -0.841 e. The van der Waals surface area contributed by atoms with Gasteiger partial charge in [-0.3, -0.25) is 76.7 Å². The molecule has 0 heterocycles. The summed E-state index contributed by atoms with van der Waals surface area (Å²) in [5.41, 5.74) is 0. The number of carbonyl (C=O) groups is 20. The van der Waals surface area contributed by atoms with E-state index in [2.05, 4.69) is 0 Å². The van der Waals surface area contributed by atoms with Crippen molar-refractivity contribution in [3.05, 3.63) is 0 Å². The van der Waals surface area contributed by atoms with Crippen LogP contribution in [0.4, 0.5) is 0 Å². The third-order valence-electron chi connectivity index (χ3n) is 2.77. The van der Waals surface area contributed by atoms with E-state index in [0.717, 1.165) is 0 Å². The minimum atomic E-state index is -1.68. The average Bonchev–Trinajstić information content (AvgIpc) is 3.32. The molecule has 0 unspecified atom stereocenters. The zero-order valence-corrected chi connectivity index (χ0v) is 38.1. The van der Waals surface area contributed by atoms with Crippen molar-refractivity contribution < 1.29 is 226 Å². The van der Waals surface area contributed by atoms with Crippen LogP contribution in [0.25, 0.3) is 0 Å². The van der Waals surface area contributed by atoms with Gasteiger partial charge in [0, 0.05) is 40.8 Å². The number of aldehydes is 20. The van der Waals surface area contributed by atoms with Crippen LogP contribution >= 0.6 is 0 Å². The van der Waals surface area contributed by atoms with E-state index < -0.39 is 61.0 Å². The summed E-state index contributed by atoms with van der Waals surface area (Å²) in [4.78, 5) is 185. The Kier molecular flexibility index (Phi) is 144. The Hall–Kier alpha value is -4.48. The maximum absolute atomic E-state index is 9.53. The zero-order chi connectivity index (χ0) is 49.9. The van der Waals surface area contributed by atoms with Crippen LogP contribution in [0.1, 0.15) is 0 Å². The molecular weight excluding hydrogens is 1230 g/mol. The first-order valence-electron chi connectivity index (χ1n) is 13.9. The molecule has 0 rings (SSSR count). The fourth-order valence-electron chi connectivity index (χ4n) is 0.321. The van der Waals surface area contributed by atoms with Gasteiger partial charge in [0.1, 0.15) is 25.1 Å². The second kappa shape index (κ2) is 93.4. The van der Waals surface area contributed by atoms with E-state index in [9.17, 15) is 106 Å². The van der Waals surface area contributed by atoms with Crippen LogP contribution in [-0.4, -0.2) is 228 Å². The number of rotatable bonds is 20. The van der Waals surface area contributed by atoms with Gasteiger partial charge in [0.05, 0.1) is 0 Å². The van der Waals surface area contributed by atoms with Crippen LogP contribution in [0.2, 0.25) is 0 Å². The first kappa shape index (κ1) is 98.4. The molecule has 64 heavy (non-hydrogen) atoms. The molecule has 2 radical (unpaired) electrons. The van der Waals surface area contributed by atoms with Crippen molar-refractivity contribution in [1.29, 1.82) is 0 Å². The van der Waals surface area contributed by atoms with Gasteiger partial charge in [-0.1, -0.05) is 0 Å². The molecule has 0 aromatic heterocycles. The van der Waals surface area contributed by atoms with Crippen LogP contribution in [0.3, 0.4) is 0 Å². The fourth-order valence-corrected chi connectivity index (χ4v) is 0.321. The monoisotopic (exact) mass is 1270 g/mol. The maximum atomic E-state index is 9.53. The van der Waals surface area contributed by atoms with Crippen molar-refractivity contribution in [2.75, 3.05) is 0 Å². The number of aliphatic hydroxyl groups excluding tert-OH is 8. The smallest absolute Gasteiger partial charge is 0.841 e. The van der Waals surface area contributed by atoms with Gasteiger partial charge >= 0.3 is 37.7 Å². The molecule has 0 saturated heterocycles. The molecule has 0 aromatic carbocycles. The van der Waals surface area contributed by atoms with Gasteiger partial charge in [0.2, 0.25) is 0 Å². The van der Waals surface area contributed by atoms with Crippen LogP contribution in [0.5, 0.6) is 0 Å². The van der Waals surface area contributed by atoms with Gasteiger partial charge < -0.3 is 70.2 Å². The second-order valence-electron chi connectivity index (χ2n) is 7.58. The van der Waals surface area contributed by atoms with Crippen LogP contribution in [-0.2, 0) is 137 Å². The van der Waals surface area contributed by atoms with Crippen molar-refractivity contribution in [3.8, 4) is 0 Å². The second-order valence-corrected chi connectivity index (χ2v) is 7.58. The summed E-state index contributed by atoms with van der Waals surface area (Å²) < 4.78 is 0. The molecule has 354 valence electrons. The molecule has 0 fully saturated rings. The SMILES string of the molecule is O=CC(O)C=O.O=CC(O)C=O.O=CC(O)C=O.O=CC(O)C=O.O=CC(O)C=O.O=CC(O)C=O.O=CC(O)C=O.O=CC(O)C=O.O=CC([O-])C=O.O=CC([O-])C=O.[Li+].[Li+].[Re].[Re]. The van der Waals surface area contributed by atoms with Crippen molar-refractivity contribution in [3.63, 3.8) is 0 Å². The summed E-state index contributed by atoms with van der Waals surface area (Å²) in [6.45, 7) is 0. The van der Waals surface area contributed by atoms with E-state index in [1.165, 1.54) is 0 Å².